The standard InChI is InChI=1S/C31H33F2NO3/c1-36-30-19-23(8-13-29(30)33)27-5-2-4-22-18-24(35)9-12-28(22)31(27)21-6-10-25(11-7-21)37-26-14-17-34(20-26)16-3-15-32/h6-13,18-19,26,35H,2-5,14-17,20H2,1H3/t26-/m0/s1. The predicted octanol–water partition coefficient (Wildman–Crippen LogP) is 6.65. The van der Waals surface area contributed by atoms with Crippen molar-refractivity contribution >= 4 is 11.1 Å². The van der Waals surface area contributed by atoms with Crippen LogP contribution >= 0.6 is 0 Å². The summed E-state index contributed by atoms with van der Waals surface area (Å²) in [5, 5.41) is 10.1. The van der Waals surface area contributed by atoms with Crippen LogP contribution in [0.5, 0.6) is 17.2 Å². The van der Waals surface area contributed by atoms with E-state index in [1.807, 2.05) is 30.3 Å². The Bertz CT molecular complexity index is 1270. The molecule has 1 aliphatic carbocycles. The number of phenols is 1. The van der Waals surface area contributed by atoms with E-state index in [4.69, 9.17) is 9.47 Å². The number of allylic oxidation sites excluding steroid dienone is 1. The van der Waals surface area contributed by atoms with Crippen LogP contribution in [0.3, 0.4) is 0 Å². The summed E-state index contributed by atoms with van der Waals surface area (Å²) in [6.45, 7) is 2.24. The maximum Gasteiger partial charge on any atom is 0.165 e. The molecule has 37 heavy (non-hydrogen) atoms. The molecule has 2 aliphatic rings. The van der Waals surface area contributed by atoms with Crippen LogP contribution in [0.1, 0.15) is 47.9 Å². The van der Waals surface area contributed by atoms with Gasteiger partial charge in [0.1, 0.15) is 17.6 Å². The Hall–Kier alpha value is -3.38. The normalized spacial score (nSPS) is 18.0. The number of rotatable bonds is 8. The van der Waals surface area contributed by atoms with Gasteiger partial charge in [-0.1, -0.05) is 24.3 Å². The highest BCUT2D eigenvalue weighted by Crippen LogP contribution is 2.42. The number of hydrogen-bond acceptors (Lipinski definition) is 4. The van der Waals surface area contributed by atoms with E-state index in [2.05, 4.69) is 17.0 Å². The molecule has 0 radical (unpaired) electrons. The quantitative estimate of drug-likeness (QED) is 0.372. The van der Waals surface area contributed by atoms with Gasteiger partial charge in [0.25, 0.3) is 0 Å². The Morgan fingerprint density at radius 3 is 2.59 bits per heavy atom. The second-order valence-corrected chi connectivity index (χ2v) is 9.79. The number of aromatic hydroxyl groups is 1. The van der Waals surface area contributed by atoms with Crippen LogP contribution in [-0.2, 0) is 6.42 Å². The lowest BCUT2D eigenvalue weighted by atomic mass is 9.87. The lowest BCUT2D eigenvalue weighted by Gasteiger charge is -2.19. The van der Waals surface area contributed by atoms with E-state index >= 15 is 0 Å². The number of fused-ring (bicyclic) bond motifs is 1. The van der Waals surface area contributed by atoms with Gasteiger partial charge in [-0.2, -0.15) is 0 Å². The number of benzene rings is 3. The number of likely N-dealkylation sites (tertiary alicyclic amines) is 1. The summed E-state index contributed by atoms with van der Waals surface area (Å²) in [6, 6.07) is 18.7. The van der Waals surface area contributed by atoms with Crippen LogP contribution in [0.15, 0.2) is 60.7 Å². The topological polar surface area (TPSA) is 41.9 Å². The molecule has 3 aromatic rings. The van der Waals surface area contributed by atoms with Crippen molar-refractivity contribution in [1.82, 2.24) is 4.90 Å². The molecule has 0 spiro atoms. The maximum absolute atomic E-state index is 14.2. The Morgan fingerprint density at radius 1 is 1.00 bits per heavy atom. The Labute approximate surface area is 217 Å². The highest BCUT2D eigenvalue weighted by Gasteiger charge is 2.24. The third-order valence-corrected chi connectivity index (χ3v) is 7.32. The molecular formula is C31H33F2NO3. The van der Waals surface area contributed by atoms with E-state index in [0.29, 0.717) is 6.42 Å². The number of methoxy groups -OCH3 is 1. The summed E-state index contributed by atoms with van der Waals surface area (Å²) in [4.78, 5) is 2.25. The van der Waals surface area contributed by atoms with Crippen LogP contribution in [0, 0.1) is 5.82 Å². The maximum atomic E-state index is 14.2. The average molecular weight is 506 g/mol. The van der Waals surface area contributed by atoms with E-state index in [9.17, 15) is 13.9 Å². The van der Waals surface area contributed by atoms with Crippen molar-refractivity contribution in [2.75, 3.05) is 33.4 Å². The van der Waals surface area contributed by atoms with Gasteiger partial charge in [-0.3, -0.25) is 9.29 Å². The van der Waals surface area contributed by atoms with Gasteiger partial charge in [0.2, 0.25) is 0 Å². The number of alkyl halides is 1. The second-order valence-electron chi connectivity index (χ2n) is 9.79. The molecule has 1 N–H and O–H groups in total. The average Bonchev–Trinajstić information content (AvgIpc) is 3.27. The third kappa shape index (κ3) is 5.64. The number of aryl methyl sites for hydroxylation is 1. The smallest absolute Gasteiger partial charge is 0.165 e. The largest absolute Gasteiger partial charge is 0.508 e. The Balaban J connectivity index is 1.49. The van der Waals surface area contributed by atoms with Crippen LogP contribution < -0.4 is 9.47 Å². The summed E-state index contributed by atoms with van der Waals surface area (Å²) in [6.07, 6.45) is 4.18. The Morgan fingerprint density at radius 2 is 1.81 bits per heavy atom. The van der Waals surface area contributed by atoms with Crippen LogP contribution in [-0.4, -0.2) is 49.5 Å². The van der Waals surface area contributed by atoms with Gasteiger partial charge in [-0.25, -0.2) is 4.39 Å². The lowest BCUT2D eigenvalue weighted by Crippen LogP contribution is -2.26. The van der Waals surface area contributed by atoms with Crippen LogP contribution in [0.25, 0.3) is 11.1 Å². The fraction of sp³-hybridized carbons (Fsp3) is 0.355. The number of phenolic OH excluding ortho intramolecular Hbond substituents is 1. The van der Waals surface area contributed by atoms with E-state index < -0.39 is 0 Å². The summed E-state index contributed by atoms with van der Waals surface area (Å²) in [7, 11) is 1.48. The predicted molar refractivity (Wildman–Crippen MR) is 142 cm³/mol. The summed E-state index contributed by atoms with van der Waals surface area (Å²) >= 11 is 0. The van der Waals surface area contributed by atoms with E-state index in [-0.39, 0.29) is 30.1 Å². The Kier molecular flexibility index (Phi) is 7.75. The molecule has 0 unspecified atom stereocenters. The van der Waals surface area contributed by atoms with E-state index in [1.54, 1.807) is 12.1 Å². The molecular weight excluding hydrogens is 472 g/mol. The summed E-state index contributed by atoms with van der Waals surface area (Å²) in [5.41, 5.74) is 6.33. The minimum Gasteiger partial charge on any atom is -0.508 e. The fourth-order valence-corrected chi connectivity index (χ4v) is 5.51. The number of nitrogens with zero attached hydrogens (tertiary/aromatic N) is 1. The minimum absolute atomic E-state index is 0.105. The van der Waals surface area contributed by atoms with Crippen molar-refractivity contribution < 1.29 is 23.4 Å². The van der Waals surface area contributed by atoms with Crippen molar-refractivity contribution in [2.45, 2.75) is 38.2 Å². The molecule has 1 atom stereocenters. The second kappa shape index (κ2) is 11.3. The first-order valence-corrected chi connectivity index (χ1v) is 13.0. The molecule has 1 heterocycles. The SMILES string of the molecule is COc1cc(C2=C(c3ccc(O[C@H]4CCN(CCCF)C4)cc3)c3ccc(O)cc3CCC2)ccc1F. The molecule has 1 fully saturated rings. The molecule has 3 aromatic carbocycles. The first kappa shape index (κ1) is 25.3. The van der Waals surface area contributed by atoms with Gasteiger partial charge in [0.05, 0.1) is 13.8 Å². The fourth-order valence-electron chi connectivity index (χ4n) is 5.51. The molecule has 0 saturated carbocycles. The van der Waals surface area contributed by atoms with Crippen LogP contribution in [0.2, 0.25) is 0 Å². The zero-order valence-electron chi connectivity index (χ0n) is 21.2. The minimum atomic E-state index is -0.385. The van der Waals surface area contributed by atoms with E-state index in [0.717, 1.165) is 84.5 Å². The lowest BCUT2D eigenvalue weighted by molar-refractivity contribution is 0.198. The number of halogens is 2. The van der Waals surface area contributed by atoms with Gasteiger partial charge in [0.15, 0.2) is 11.6 Å². The third-order valence-electron chi connectivity index (χ3n) is 7.32. The zero-order valence-corrected chi connectivity index (χ0v) is 21.2. The molecule has 1 saturated heterocycles. The van der Waals surface area contributed by atoms with Crippen molar-refractivity contribution in [2.24, 2.45) is 0 Å². The molecule has 6 heteroatoms. The van der Waals surface area contributed by atoms with Crippen molar-refractivity contribution in [3.05, 3.63) is 88.7 Å². The van der Waals surface area contributed by atoms with Crippen molar-refractivity contribution in [3.8, 4) is 17.2 Å². The highest BCUT2D eigenvalue weighted by molar-refractivity contribution is 6.00. The summed E-state index contributed by atoms with van der Waals surface area (Å²) < 4.78 is 38.3. The number of hydrogen-bond donors (Lipinski definition) is 1. The van der Waals surface area contributed by atoms with Crippen molar-refractivity contribution in [3.63, 3.8) is 0 Å². The molecule has 5 rings (SSSR count). The van der Waals surface area contributed by atoms with Gasteiger partial charge in [-0.15, -0.1) is 0 Å². The monoisotopic (exact) mass is 505 g/mol. The van der Waals surface area contributed by atoms with Crippen molar-refractivity contribution in [1.29, 1.82) is 0 Å². The summed E-state index contributed by atoms with van der Waals surface area (Å²) in [5.74, 6) is 0.904. The molecule has 4 nitrogen and oxygen atoms in total. The van der Waals surface area contributed by atoms with Gasteiger partial charge >= 0.3 is 0 Å². The number of ether oxygens (including phenoxy) is 2. The molecule has 0 bridgehead atoms. The molecule has 0 amide bonds. The van der Waals surface area contributed by atoms with E-state index in [1.165, 1.54) is 13.2 Å². The molecule has 1 aliphatic heterocycles. The van der Waals surface area contributed by atoms with Crippen LogP contribution in [0.4, 0.5) is 8.78 Å². The van der Waals surface area contributed by atoms with Gasteiger partial charge in [0, 0.05) is 19.6 Å². The highest BCUT2D eigenvalue weighted by atomic mass is 19.1. The van der Waals surface area contributed by atoms with Gasteiger partial charge in [-0.05, 0) is 102 Å². The van der Waals surface area contributed by atoms with Gasteiger partial charge < -0.3 is 14.6 Å². The zero-order chi connectivity index (χ0) is 25.8. The first-order valence-electron chi connectivity index (χ1n) is 13.0. The molecule has 194 valence electrons. The molecule has 0 aromatic heterocycles. The first-order chi connectivity index (χ1) is 18.1.